The van der Waals surface area contributed by atoms with E-state index < -0.39 is 33.2 Å². The number of nitro groups is 1. The molecule has 2 aromatic rings. The van der Waals surface area contributed by atoms with Crippen molar-refractivity contribution in [1.82, 2.24) is 4.72 Å². The molecule has 0 aliphatic rings. The van der Waals surface area contributed by atoms with Crippen molar-refractivity contribution in [2.45, 2.75) is 4.90 Å². The molecule has 0 aliphatic heterocycles. The van der Waals surface area contributed by atoms with Gasteiger partial charge in [-0.05, 0) is 36.4 Å². The molecule has 24 heavy (non-hydrogen) atoms. The first-order chi connectivity index (χ1) is 11.3. The van der Waals surface area contributed by atoms with E-state index in [1.165, 1.54) is 12.1 Å². The van der Waals surface area contributed by atoms with Crippen LogP contribution in [0.25, 0.3) is 0 Å². The maximum absolute atomic E-state index is 12.7. The fraction of sp³-hybridized carbons (Fsp3) is 0.0714. The Kier molecular flexibility index (Phi) is 5.21. The van der Waals surface area contributed by atoms with E-state index in [1.807, 2.05) is 0 Å². The SMILES string of the molecule is O=C(CNS(=O)(=O)c1ccc([N+](=O)[O-])cc1)Nc1ccc(F)cc1. The smallest absolute Gasteiger partial charge is 0.269 e. The number of carbonyl (C=O) groups is 1. The third-order valence-corrected chi connectivity index (χ3v) is 4.33. The molecule has 0 aliphatic carbocycles. The minimum atomic E-state index is -3.99. The molecule has 2 rings (SSSR count). The van der Waals surface area contributed by atoms with Crippen molar-refractivity contribution in [3.8, 4) is 0 Å². The second-order valence-corrected chi connectivity index (χ2v) is 6.40. The third kappa shape index (κ3) is 4.57. The predicted octanol–water partition coefficient (Wildman–Crippen LogP) is 1.65. The van der Waals surface area contributed by atoms with Crippen molar-refractivity contribution in [3.05, 3.63) is 64.5 Å². The Morgan fingerprint density at radius 1 is 1.08 bits per heavy atom. The third-order valence-electron chi connectivity index (χ3n) is 2.91. The number of nitrogens with zero attached hydrogens (tertiary/aromatic N) is 1. The molecular formula is C14H12FN3O5S. The van der Waals surface area contributed by atoms with E-state index in [1.54, 1.807) is 0 Å². The van der Waals surface area contributed by atoms with E-state index in [9.17, 15) is 27.7 Å². The molecule has 0 aromatic heterocycles. The molecule has 0 heterocycles. The lowest BCUT2D eigenvalue weighted by atomic mass is 10.3. The molecular weight excluding hydrogens is 341 g/mol. The van der Waals surface area contributed by atoms with Crippen LogP contribution in [0.5, 0.6) is 0 Å². The zero-order valence-corrected chi connectivity index (χ0v) is 12.9. The summed E-state index contributed by atoms with van der Waals surface area (Å²) in [6.45, 7) is -0.545. The van der Waals surface area contributed by atoms with Crippen LogP contribution in [0.1, 0.15) is 0 Å². The molecule has 0 fully saturated rings. The maximum atomic E-state index is 12.7. The average molecular weight is 353 g/mol. The highest BCUT2D eigenvalue weighted by Gasteiger charge is 2.17. The number of carbonyl (C=O) groups excluding carboxylic acids is 1. The monoisotopic (exact) mass is 353 g/mol. The van der Waals surface area contributed by atoms with Gasteiger partial charge in [0.25, 0.3) is 5.69 Å². The van der Waals surface area contributed by atoms with Gasteiger partial charge in [0.2, 0.25) is 15.9 Å². The summed E-state index contributed by atoms with van der Waals surface area (Å²) in [6.07, 6.45) is 0. The number of rotatable bonds is 6. The van der Waals surface area contributed by atoms with Crippen LogP contribution >= 0.6 is 0 Å². The lowest BCUT2D eigenvalue weighted by molar-refractivity contribution is -0.384. The van der Waals surface area contributed by atoms with E-state index in [0.29, 0.717) is 5.69 Å². The number of benzene rings is 2. The number of anilines is 1. The van der Waals surface area contributed by atoms with Crippen LogP contribution in [0.4, 0.5) is 15.8 Å². The van der Waals surface area contributed by atoms with Crippen LogP contribution in [0.2, 0.25) is 0 Å². The standard InChI is InChI=1S/C14H12FN3O5S/c15-10-1-3-11(4-2-10)17-14(19)9-16-24(22,23)13-7-5-12(6-8-13)18(20)21/h1-8,16H,9H2,(H,17,19). The molecule has 10 heteroatoms. The fourth-order valence-corrected chi connectivity index (χ4v) is 2.71. The van der Waals surface area contributed by atoms with E-state index >= 15 is 0 Å². The fourth-order valence-electron chi connectivity index (χ4n) is 1.73. The number of nitrogens with one attached hydrogen (secondary N) is 2. The molecule has 2 aromatic carbocycles. The Labute approximate surface area is 136 Å². The molecule has 0 atom stereocenters. The number of hydrogen-bond donors (Lipinski definition) is 2. The van der Waals surface area contributed by atoms with Gasteiger partial charge in [-0.1, -0.05) is 0 Å². The molecule has 126 valence electrons. The Bertz CT molecular complexity index is 851. The second-order valence-electron chi connectivity index (χ2n) is 4.63. The highest BCUT2D eigenvalue weighted by atomic mass is 32.2. The number of hydrogen-bond acceptors (Lipinski definition) is 5. The van der Waals surface area contributed by atoms with Crippen LogP contribution in [-0.4, -0.2) is 25.8 Å². The topological polar surface area (TPSA) is 118 Å². The minimum absolute atomic E-state index is 0.206. The van der Waals surface area contributed by atoms with Crippen LogP contribution in [0, 0.1) is 15.9 Å². The van der Waals surface area contributed by atoms with Crippen molar-refractivity contribution in [1.29, 1.82) is 0 Å². The second kappa shape index (κ2) is 7.15. The molecule has 8 nitrogen and oxygen atoms in total. The summed E-state index contributed by atoms with van der Waals surface area (Å²) in [6, 6.07) is 9.19. The van der Waals surface area contributed by atoms with Gasteiger partial charge in [-0.25, -0.2) is 17.5 Å². The maximum Gasteiger partial charge on any atom is 0.269 e. The summed E-state index contributed by atoms with van der Waals surface area (Å²) >= 11 is 0. The van der Waals surface area contributed by atoms with E-state index in [-0.39, 0.29) is 10.6 Å². The number of halogens is 1. The van der Waals surface area contributed by atoms with Crippen molar-refractivity contribution in [2.75, 3.05) is 11.9 Å². The zero-order chi connectivity index (χ0) is 17.7. The van der Waals surface area contributed by atoms with E-state index in [0.717, 1.165) is 36.4 Å². The molecule has 2 N–H and O–H groups in total. The van der Waals surface area contributed by atoms with Gasteiger partial charge in [-0.3, -0.25) is 14.9 Å². The predicted molar refractivity (Wildman–Crippen MR) is 83.3 cm³/mol. The van der Waals surface area contributed by atoms with Gasteiger partial charge in [0.15, 0.2) is 0 Å². The lowest BCUT2D eigenvalue weighted by Gasteiger charge is -2.08. The molecule has 0 radical (unpaired) electrons. The number of amides is 1. The highest BCUT2D eigenvalue weighted by Crippen LogP contribution is 2.15. The number of non-ortho nitro benzene ring substituents is 1. The van der Waals surface area contributed by atoms with E-state index in [2.05, 4.69) is 10.0 Å². The summed E-state index contributed by atoms with van der Waals surface area (Å²) in [7, 11) is -3.99. The van der Waals surface area contributed by atoms with Gasteiger partial charge in [0.1, 0.15) is 5.82 Å². The summed E-state index contributed by atoms with van der Waals surface area (Å²) in [4.78, 5) is 21.4. The Balaban J connectivity index is 1.97. The molecule has 0 bridgehead atoms. The van der Waals surface area contributed by atoms with Gasteiger partial charge >= 0.3 is 0 Å². The van der Waals surface area contributed by atoms with Gasteiger partial charge < -0.3 is 5.32 Å². The van der Waals surface area contributed by atoms with Crippen molar-refractivity contribution < 1.29 is 22.5 Å². The van der Waals surface area contributed by atoms with Crippen molar-refractivity contribution >= 4 is 27.3 Å². The summed E-state index contributed by atoms with van der Waals surface area (Å²) < 4.78 is 38.8. The average Bonchev–Trinajstić information content (AvgIpc) is 2.55. The van der Waals surface area contributed by atoms with Crippen LogP contribution in [-0.2, 0) is 14.8 Å². The first-order valence-corrected chi connectivity index (χ1v) is 8.06. The van der Waals surface area contributed by atoms with Crippen LogP contribution in [0.3, 0.4) is 0 Å². The minimum Gasteiger partial charge on any atom is -0.325 e. The first kappa shape index (κ1) is 17.5. The Morgan fingerprint density at radius 3 is 2.21 bits per heavy atom. The van der Waals surface area contributed by atoms with Gasteiger partial charge in [0.05, 0.1) is 16.4 Å². The van der Waals surface area contributed by atoms with Gasteiger partial charge in [-0.2, -0.15) is 0 Å². The zero-order valence-electron chi connectivity index (χ0n) is 12.1. The Hall–Kier alpha value is -2.85. The first-order valence-electron chi connectivity index (χ1n) is 6.57. The largest absolute Gasteiger partial charge is 0.325 e. The van der Waals surface area contributed by atoms with Gasteiger partial charge in [0, 0.05) is 17.8 Å². The quantitative estimate of drug-likeness (QED) is 0.605. The number of sulfonamides is 1. The summed E-state index contributed by atoms with van der Waals surface area (Å²) in [5.74, 6) is -1.11. The highest BCUT2D eigenvalue weighted by molar-refractivity contribution is 7.89. The number of nitro benzene ring substituents is 1. The summed E-state index contributed by atoms with van der Waals surface area (Å²) in [5, 5.41) is 12.9. The summed E-state index contributed by atoms with van der Waals surface area (Å²) in [5.41, 5.74) is 0.0685. The molecule has 0 spiro atoms. The van der Waals surface area contributed by atoms with Crippen LogP contribution < -0.4 is 10.0 Å². The molecule has 0 saturated carbocycles. The van der Waals surface area contributed by atoms with Crippen LogP contribution in [0.15, 0.2) is 53.4 Å². The molecule has 0 unspecified atom stereocenters. The molecule has 1 amide bonds. The Morgan fingerprint density at radius 2 is 1.67 bits per heavy atom. The van der Waals surface area contributed by atoms with Gasteiger partial charge in [-0.15, -0.1) is 0 Å². The normalized spacial score (nSPS) is 11.0. The van der Waals surface area contributed by atoms with Crippen molar-refractivity contribution in [3.63, 3.8) is 0 Å². The van der Waals surface area contributed by atoms with Crippen molar-refractivity contribution in [2.24, 2.45) is 0 Å². The van der Waals surface area contributed by atoms with E-state index in [4.69, 9.17) is 0 Å². The molecule has 0 saturated heterocycles. The lowest BCUT2D eigenvalue weighted by Crippen LogP contribution is -2.32.